The Morgan fingerprint density at radius 2 is 1.81 bits per heavy atom. The summed E-state index contributed by atoms with van der Waals surface area (Å²) < 4.78 is 2.83. The van der Waals surface area contributed by atoms with Crippen molar-refractivity contribution in [3.8, 4) is 11.3 Å². The maximum absolute atomic E-state index is 5.55. The van der Waals surface area contributed by atoms with Gasteiger partial charge in [0.15, 0.2) is 0 Å². The van der Waals surface area contributed by atoms with Crippen LogP contribution >= 0.6 is 12.2 Å². The molecular weight excluding hydrogens is 278 g/mol. The second kappa shape index (κ2) is 6.50. The highest BCUT2D eigenvalue weighted by molar-refractivity contribution is 7.71. The lowest BCUT2D eigenvalue weighted by Crippen LogP contribution is -2.32. The van der Waals surface area contributed by atoms with E-state index in [1.54, 1.807) is 0 Å². The van der Waals surface area contributed by atoms with Gasteiger partial charge < -0.3 is 0 Å². The monoisotopic (exact) mass is 299 g/mol. The molecule has 0 bridgehead atoms. The fourth-order valence-electron chi connectivity index (χ4n) is 2.81. The molecule has 1 aliphatic rings. The third-order valence-corrected chi connectivity index (χ3v) is 4.54. The molecule has 3 rings (SSSR count). The van der Waals surface area contributed by atoms with E-state index < -0.39 is 0 Å². The Labute approximate surface area is 131 Å². The molecule has 2 aromatic rings. The molecule has 110 valence electrons. The summed E-state index contributed by atoms with van der Waals surface area (Å²) in [4.78, 5) is 2.44. The third kappa shape index (κ3) is 3.39. The molecule has 0 aliphatic carbocycles. The minimum absolute atomic E-state index is 0.806. The van der Waals surface area contributed by atoms with Gasteiger partial charge in [0.2, 0.25) is 0 Å². The molecule has 1 fully saturated rings. The van der Waals surface area contributed by atoms with Crippen molar-refractivity contribution in [2.75, 3.05) is 13.1 Å². The van der Waals surface area contributed by atoms with Crippen molar-refractivity contribution < 1.29 is 0 Å². The van der Waals surface area contributed by atoms with E-state index in [0.29, 0.717) is 0 Å². The highest BCUT2D eigenvalue weighted by Gasteiger charge is 2.12. The van der Waals surface area contributed by atoms with E-state index in [9.17, 15) is 0 Å². The van der Waals surface area contributed by atoms with Crippen LogP contribution in [0, 0.1) is 11.6 Å². The summed E-state index contributed by atoms with van der Waals surface area (Å²) in [5, 5.41) is 4.77. The standard InChI is InChI=1S/C17H21N3S/c1-14-12-16(15-8-4-2-5-9-15)18-20(17(14)21)13-19-10-6-3-7-11-19/h2,4-5,8-9,12H,3,6-7,10-11,13H2,1H3. The molecule has 0 atom stereocenters. The van der Waals surface area contributed by atoms with E-state index in [-0.39, 0.29) is 0 Å². The molecule has 2 heterocycles. The lowest BCUT2D eigenvalue weighted by molar-refractivity contribution is 0.171. The van der Waals surface area contributed by atoms with Gasteiger partial charge in [-0.2, -0.15) is 5.10 Å². The normalized spacial score (nSPS) is 16.0. The van der Waals surface area contributed by atoms with Crippen LogP contribution in [0.2, 0.25) is 0 Å². The van der Waals surface area contributed by atoms with Gasteiger partial charge in [0.25, 0.3) is 0 Å². The van der Waals surface area contributed by atoms with E-state index in [4.69, 9.17) is 17.3 Å². The molecule has 0 amide bonds. The summed E-state index contributed by atoms with van der Waals surface area (Å²) in [6.07, 6.45) is 3.91. The minimum atomic E-state index is 0.806. The van der Waals surface area contributed by atoms with Crippen LogP contribution in [0.25, 0.3) is 11.3 Å². The average Bonchev–Trinajstić information content (AvgIpc) is 2.53. The summed E-state index contributed by atoms with van der Waals surface area (Å²) in [5.74, 6) is 0. The first-order valence-electron chi connectivity index (χ1n) is 7.60. The Hall–Kier alpha value is -1.52. The fraction of sp³-hybridized carbons (Fsp3) is 0.412. The van der Waals surface area contributed by atoms with Gasteiger partial charge in [-0.3, -0.25) is 4.90 Å². The van der Waals surface area contributed by atoms with Crippen molar-refractivity contribution in [2.24, 2.45) is 0 Å². The molecule has 1 aliphatic heterocycles. The zero-order valence-corrected chi connectivity index (χ0v) is 13.3. The Morgan fingerprint density at radius 1 is 1.10 bits per heavy atom. The zero-order chi connectivity index (χ0) is 14.7. The largest absolute Gasteiger partial charge is 0.284 e. The van der Waals surface area contributed by atoms with Crippen molar-refractivity contribution >= 4 is 12.2 Å². The molecule has 3 nitrogen and oxygen atoms in total. The lowest BCUT2D eigenvalue weighted by atomic mass is 10.1. The molecule has 0 radical (unpaired) electrons. The number of aryl methyl sites for hydroxylation is 1. The molecule has 0 unspecified atom stereocenters. The van der Waals surface area contributed by atoms with Crippen molar-refractivity contribution in [1.82, 2.24) is 14.7 Å². The molecule has 1 aromatic heterocycles. The van der Waals surface area contributed by atoms with Crippen LogP contribution in [0.3, 0.4) is 0 Å². The SMILES string of the molecule is Cc1cc(-c2ccccc2)nn(CN2CCCCC2)c1=S. The van der Waals surface area contributed by atoms with Crippen LogP contribution in [0.4, 0.5) is 0 Å². The first-order valence-corrected chi connectivity index (χ1v) is 8.01. The number of aromatic nitrogens is 2. The Morgan fingerprint density at radius 3 is 2.52 bits per heavy atom. The molecule has 0 spiro atoms. The van der Waals surface area contributed by atoms with Crippen molar-refractivity contribution in [1.29, 1.82) is 0 Å². The summed E-state index contributed by atoms with van der Waals surface area (Å²) >= 11 is 5.55. The van der Waals surface area contributed by atoms with Crippen LogP contribution in [-0.4, -0.2) is 27.8 Å². The lowest BCUT2D eigenvalue weighted by Gasteiger charge is -2.27. The Bertz CT molecular complexity index is 657. The zero-order valence-electron chi connectivity index (χ0n) is 12.5. The number of likely N-dealkylation sites (tertiary alicyclic amines) is 1. The van der Waals surface area contributed by atoms with Crippen molar-refractivity contribution in [2.45, 2.75) is 32.9 Å². The van der Waals surface area contributed by atoms with Gasteiger partial charge in [0.05, 0.1) is 12.4 Å². The summed E-state index contributed by atoms with van der Waals surface area (Å²) in [6, 6.07) is 12.4. The molecule has 4 heteroatoms. The molecule has 0 saturated carbocycles. The van der Waals surface area contributed by atoms with Gasteiger partial charge in [-0.25, -0.2) is 4.68 Å². The second-order valence-electron chi connectivity index (χ2n) is 5.70. The topological polar surface area (TPSA) is 21.1 Å². The number of rotatable bonds is 3. The number of piperidine rings is 1. The first-order chi connectivity index (χ1) is 10.2. The summed E-state index contributed by atoms with van der Waals surface area (Å²) in [6.45, 7) is 5.18. The maximum Gasteiger partial charge on any atom is 0.127 e. The van der Waals surface area contributed by atoms with Crippen LogP contribution in [0.5, 0.6) is 0 Å². The third-order valence-electron chi connectivity index (χ3n) is 4.01. The van der Waals surface area contributed by atoms with E-state index >= 15 is 0 Å². The second-order valence-corrected chi connectivity index (χ2v) is 6.09. The Kier molecular flexibility index (Phi) is 4.46. The molecule has 21 heavy (non-hydrogen) atoms. The van der Waals surface area contributed by atoms with Crippen LogP contribution < -0.4 is 0 Å². The molecular formula is C17H21N3S. The van der Waals surface area contributed by atoms with Crippen molar-refractivity contribution in [3.05, 3.63) is 46.6 Å². The summed E-state index contributed by atoms with van der Waals surface area (Å²) in [5.41, 5.74) is 3.26. The van der Waals surface area contributed by atoms with E-state index in [2.05, 4.69) is 30.0 Å². The van der Waals surface area contributed by atoms with Gasteiger partial charge in [0.1, 0.15) is 4.64 Å². The van der Waals surface area contributed by atoms with Gasteiger partial charge >= 0.3 is 0 Å². The number of hydrogen-bond donors (Lipinski definition) is 0. The fourth-order valence-corrected chi connectivity index (χ4v) is 2.97. The average molecular weight is 299 g/mol. The predicted octanol–water partition coefficient (Wildman–Crippen LogP) is 4.03. The van der Waals surface area contributed by atoms with Crippen LogP contribution in [-0.2, 0) is 6.67 Å². The van der Waals surface area contributed by atoms with Crippen LogP contribution in [0.15, 0.2) is 36.4 Å². The van der Waals surface area contributed by atoms with Gasteiger partial charge in [0, 0.05) is 5.56 Å². The van der Waals surface area contributed by atoms with Gasteiger partial charge in [-0.1, -0.05) is 49.0 Å². The number of hydrogen-bond acceptors (Lipinski definition) is 3. The highest BCUT2D eigenvalue weighted by atomic mass is 32.1. The number of benzene rings is 1. The summed E-state index contributed by atoms with van der Waals surface area (Å²) in [7, 11) is 0. The molecule has 1 saturated heterocycles. The van der Waals surface area contributed by atoms with Crippen molar-refractivity contribution in [3.63, 3.8) is 0 Å². The Balaban J connectivity index is 1.92. The van der Waals surface area contributed by atoms with E-state index in [1.807, 2.05) is 22.9 Å². The minimum Gasteiger partial charge on any atom is -0.284 e. The number of nitrogens with zero attached hydrogens (tertiary/aromatic N) is 3. The highest BCUT2D eigenvalue weighted by Crippen LogP contribution is 2.18. The predicted molar refractivity (Wildman–Crippen MR) is 88.7 cm³/mol. The molecule has 0 N–H and O–H groups in total. The first kappa shape index (κ1) is 14.4. The van der Waals surface area contributed by atoms with Crippen LogP contribution in [0.1, 0.15) is 24.8 Å². The smallest absolute Gasteiger partial charge is 0.127 e. The molecule has 1 aromatic carbocycles. The van der Waals surface area contributed by atoms with Gasteiger partial charge in [-0.05, 0) is 44.5 Å². The van der Waals surface area contributed by atoms with E-state index in [1.165, 1.54) is 19.3 Å². The maximum atomic E-state index is 5.55. The van der Waals surface area contributed by atoms with Gasteiger partial charge in [-0.15, -0.1) is 0 Å². The quantitative estimate of drug-likeness (QED) is 0.798. The van der Waals surface area contributed by atoms with E-state index in [0.717, 1.165) is 41.2 Å².